The molecule has 98 valence electrons. The van der Waals surface area contributed by atoms with Crippen LogP contribution in [0.4, 0.5) is 0 Å². The Balaban J connectivity index is 1.53. The Morgan fingerprint density at radius 1 is 1.00 bits per heavy atom. The molecule has 1 saturated carbocycles. The number of nitrogens with zero attached hydrogens (tertiary/aromatic N) is 1. The van der Waals surface area contributed by atoms with Crippen LogP contribution in [0.2, 0.25) is 0 Å². The van der Waals surface area contributed by atoms with Gasteiger partial charge in [-0.15, -0.1) is 0 Å². The van der Waals surface area contributed by atoms with E-state index in [1.807, 2.05) is 0 Å². The predicted molar refractivity (Wildman–Crippen MR) is 75.2 cm³/mol. The number of hydrogen-bond donors (Lipinski definition) is 1. The minimum absolute atomic E-state index is 0.132. The van der Waals surface area contributed by atoms with E-state index in [1.165, 1.54) is 49.7 Å². The van der Waals surface area contributed by atoms with Crippen LogP contribution in [0.3, 0.4) is 0 Å². The van der Waals surface area contributed by atoms with Gasteiger partial charge < -0.3 is 5.73 Å². The molecule has 2 nitrogen and oxygen atoms in total. The van der Waals surface area contributed by atoms with Crippen molar-refractivity contribution in [1.29, 1.82) is 0 Å². The van der Waals surface area contributed by atoms with Crippen molar-refractivity contribution >= 4 is 0 Å². The number of benzene rings is 1. The summed E-state index contributed by atoms with van der Waals surface area (Å²) in [5.41, 5.74) is 9.66. The maximum atomic E-state index is 6.52. The standard InChI is InChI=1S/C16H24N2/c17-16(8-4-1-5-9-16)10-11-18-12-14-6-2-3-7-15(14)13-18/h2-3,6-7H,1,4-5,8-13,17H2. The van der Waals surface area contributed by atoms with E-state index in [0.717, 1.165) is 19.6 Å². The van der Waals surface area contributed by atoms with Gasteiger partial charge in [-0.1, -0.05) is 43.5 Å². The summed E-state index contributed by atoms with van der Waals surface area (Å²) in [5, 5.41) is 0. The third-order valence-electron chi connectivity index (χ3n) is 4.68. The predicted octanol–water partition coefficient (Wildman–Crippen LogP) is 3.05. The lowest BCUT2D eigenvalue weighted by Gasteiger charge is -2.34. The lowest BCUT2D eigenvalue weighted by Crippen LogP contribution is -2.44. The summed E-state index contributed by atoms with van der Waals surface area (Å²) in [7, 11) is 0. The highest BCUT2D eigenvalue weighted by molar-refractivity contribution is 5.30. The first-order valence-electron chi connectivity index (χ1n) is 7.33. The average Bonchev–Trinajstić information content (AvgIpc) is 2.80. The molecule has 0 radical (unpaired) electrons. The third kappa shape index (κ3) is 2.60. The van der Waals surface area contributed by atoms with Gasteiger partial charge in [-0.2, -0.15) is 0 Å². The highest BCUT2D eigenvalue weighted by Crippen LogP contribution is 2.30. The van der Waals surface area contributed by atoms with Gasteiger partial charge in [-0.05, 0) is 30.4 Å². The van der Waals surface area contributed by atoms with Gasteiger partial charge in [0.15, 0.2) is 0 Å². The fourth-order valence-electron chi connectivity index (χ4n) is 3.45. The molecule has 1 aliphatic carbocycles. The van der Waals surface area contributed by atoms with Crippen LogP contribution in [-0.4, -0.2) is 17.0 Å². The molecule has 2 heteroatoms. The van der Waals surface area contributed by atoms with E-state index in [-0.39, 0.29) is 5.54 Å². The topological polar surface area (TPSA) is 29.3 Å². The molecule has 18 heavy (non-hydrogen) atoms. The van der Waals surface area contributed by atoms with Gasteiger partial charge in [-0.25, -0.2) is 0 Å². The van der Waals surface area contributed by atoms with E-state index in [2.05, 4.69) is 29.2 Å². The van der Waals surface area contributed by atoms with Crippen LogP contribution in [0.1, 0.15) is 49.7 Å². The quantitative estimate of drug-likeness (QED) is 0.885. The molecule has 1 heterocycles. The zero-order valence-electron chi connectivity index (χ0n) is 11.2. The minimum Gasteiger partial charge on any atom is -0.325 e. The first kappa shape index (κ1) is 12.2. The van der Waals surface area contributed by atoms with Crippen LogP contribution in [0.5, 0.6) is 0 Å². The van der Waals surface area contributed by atoms with Crippen molar-refractivity contribution < 1.29 is 0 Å². The van der Waals surface area contributed by atoms with Crippen molar-refractivity contribution in [2.24, 2.45) is 5.73 Å². The largest absolute Gasteiger partial charge is 0.325 e. The maximum Gasteiger partial charge on any atom is 0.0240 e. The van der Waals surface area contributed by atoms with Crippen molar-refractivity contribution in [2.75, 3.05) is 6.54 Å². The van der Waals surface area contributed by atoms with Crippen LogP contribution in [0, 0.1) is 0 Å². The van der Waals surface area contributed by atoms with Crippen molar-refractivity contribution in [3.8, 4) is 0 Å². The van der Waals surface area contributed by atoms with Crippen LogP contribution in [-0.2, 0) is 13.1 Å². The lowest BCUT2D eigenvalue weighted by atomic mass is 9.80. The fraction of sp³-hybridized carbons (Fsp3) is 0.625. The van der Waals surface area contributed by atoms with E-state index in [1.54, 1.807) is 0 Å². The molecule has 2 N–H and O–H groups in total. The van der Waals surface area contributed by atoms with Crippen molar-refractivity contribution in [2.45, 2.75) is 57.2 Å². The number of fused-ring (bicyclic) bond motifs is 1. The zero-order valence-corrected chi connectivity index (χ0v) is 11.2. The summed E-state index contributed by atoms with van der Waals surface area (Å²) >= 11 is 0. The minimum atomic E-state index is 0.132. The summed E-state index contributed by atoms with van der Waals surface area (Å²) in [6.07, 6.45) is 7.67. The molecule has 0 saturated heterocycles. The van der Waals surface area contributed by atoms with Gasteiger partial charge in [0.05, 0.1) is 0 Å². The molecule has 0 aromatic heterocycles. The monoisotopic (exact) mass is 244 g/mol. The fourth-order valence-corrected chi connectivity index (χ4v) is 3.45. The van der Waals surface area contributed by atoms with Crippen molar-refractivity contribution in [1.82, 2.24) is 4.90 Å². The van der Waals surface area contributed by atoms with Crippen molar-refractivity contribution in [3.05, 3.63) is 35.4 Å². The highest BCUT2D eigenvalue weighted by atomic mass is 15.1. The Morgan fingerprint density at radius 2 is 1.61 bits per heavy atom. The number of hydrogen-bond acceptors (Lipinski definition) is 2. The molecule has 1 aromatic carbocycles. The Labute approximate surface area is 110 Å². The number of rotatable bonds is 3. The molecular formula is C16H24N2. The van der Waals surface area contributed by atoms with Crippen LogP contribution < -0.4 is 5.73 Å². The molecule has 1 aliphatic heterocycles. The molecule has 0 bridgehead atoms. The molecule has 0 unspecified atom stereocenters. The summed E-state index contributed by atoms with van der Waals surface area (Å²) < 4.78 is 0. The highest BCUT2D eigenvalue weighted by Gasteiger charge is 2.28. The molecule has 1 aromatic rings. The molecular weight excluding hydrogens is 220 g/mol. The summed E-state index contributed by atoms with van der Waals surface area (Å²) in [6.45, 7) is 3.39. The molecule has 3 rings (SSSR count). The molecule has 1 fully saturated rings. The lowest BCUT2D eigenvalue weighted by molar-refractivity contribution is 0.209. The van der Waals surface area contributed by atoms with Gasteiger partial charge in [-0.3, -0.25) is 4.90 Å². The van der Waals surface area contributed by atoms with Crippen LogP contribution in [0.15, 0.2) is 24.3 Å². The van der Waals surface area contributed by atoms with E-state index in [0.29, 0.717) is 0 Å². The van der Waals surface area contributed by atoms with Gasteiger partial charge in [0.25, 0.3) is 0 Å². The van der Waals surface area contributed by atoms with E-state index >= 15 is 0 Å². The van der Waals surface area contributed by atoms with E-state index in [9.17, 15) is 0 Å². The molecule has 0 atom stereocenters. The van der Waals surface area contributed by atoms with E-state index < -0.39 is 0 Å². The Bertz CT molecular complexity index is 382. The molecule has 0 amide bonds. The average molecular weight is 244 g/mol. The van der Waals surface area contributed by atoms with Crippen molar-refractivity contribution in [3.63, 3.8) is 0 Å². The van der Waals surface area contributed by atoms with Gasteiger partial charge in [0.2, 0.25) is 0 Å². The Morgan fingerprint density at radius 3 is 2.22 bits per heavy atom. The first-order chi connectivity index (χ1) is 8.75. The smallest absolute Gasteiger partial charge is 0.0240 e. The summed E-state index contributed by atoms with van der Waals surface area (Å²) in [6, 6.07) is 8.81. The Kier molecular flexibility index (Phi) is 3.40. The first-order valence-corrected chi connectivity index (χ1v) is 7.33. The second-order valence-electron chi connectivity index (χ2n) is 6.15. The van der Waals surface area contributed by atoms with Crippen LogP contribution >= 0.6 is 0 Å². The van der Waals surface area contributed by atoms with Crippen LogP contribution in [0.25, 0.3) is 0 Å². The summed E-state index contributed by atoms with van der Waals surface area (Å²) in [5.74, 6) is 0. The third-order valence-corrected chi connectivity index (χ3v) is 4.68. The van der Waals surface area contributed by atoms with Gasteiger partial charge in [0, 0.05) is 25.2 Å². The SMILES string of the molecule is NC1(CCN2Cc3ccccc3C2)CCCCC1. The van der Waals surface area contributed by atoms with Gasteiger partial charge >= 0.3 is 0 Å². The van der Waals surface area contributed by atoms with Gasteiger partial charge in [0.1, 0.15) is 0 Å². The second kappa shape index (κ2) is 5.02. The second-order valence-corrected chi connectivity index (χ2v) is 6.15. The number of nitrogens with two attached hydrogens (primary N) is 1. The maximum absolute atomic E-state index is 6.52. The zero-order chi connectivity index (χ0) is 12.4. The normalized spacial score (nSPS) is 22.9. The summed E-state index contributed by atoms with van der Waals surface area (Å²) in [4.78, 5) is 2.55. The van der Waals surface area contributed by atoms with E-state index in [4.69, 9.17) is 5.73 Å². The Hall–Kier alpha value is -0.860. The molecule has 0 spiro atoms. The molecule has 2 aliphatic rings.